The Hall–Kier alpha value is -2.94. The second-order valence-electron chi connectivity index (χ2n) is 7.72. The summed E-state index contributed by atoms with van der Waals surface area (Å²) in [7, 11) is 0. The Labute approximate surface area is 171 Å². The molecule has 1 saturated heterocycles. The predicted octanol–water partition coefficient (Wildman–Crippen LogP) is 2.75. The van der Waals surface area contributed by atoms with E-state index in [1.165, 1.54) is 5.56 Å². The van der Waals surface area contributed by atoms with Gasteiger partial charge < -0.3 is 16.0 Å². The van der Waals surface area contributed by atoms with Crippen LogP contribution in [0.5, 0.6) is 0 Å². The average Bonchev–Trinajstić information content (AvgIpc) is 2.68. The molecule has 0 unspecified atom stereocenters. The van der Waals surface area contributed by atoms with Gasteiger partial charge in [0, 0.05) is 39.3 Å². The molecule has 2 heterocycles. The molecule has 1 aliphatic heterocycles. The van der Waals surface area contributed by atoms with E-state index in [2.05, 4.69) is 46.2 Å². The van der Waals surface area contributed by atoms with Crippen LogP contribution >= 0.6 is 0 Å². The van der Waals surface area contributed by atoms with Crippen LogP contribution in [-0.4, -0.2) is 52.5 Å². The van der Waals surface area contributed by atoms with Gasteiger partial charge in [0.05, 0.1) is 4.92 Å². The largest absolute Gasteiger partial charge is 0.378 e. The van der Waals surface area contributed by atoms with Crippen LogP contribution in [0.2, 0.25) is 0 Å². The molecule has 0 radical (unpaired) electrons. The maximum absolute atomic E-state index is 11.6. The number of hydrogen-bond acceptors (Lipinski definition) is 8. The molecule has 0 saturated carbocycles. The van der Waals surface area contributed by atoms with Crippen LogP contribution in [0.25, 0.3) is 0 Å². The number of aromatic nitrogens is 2. The molecule has 29 heavy (non-hydrogen) atoms. The van der Waals surface area contributed by atoms with Crippen molar-refractivity contribution in [2.24, 2.45) is 5.92 Å². The molecule has 0 bridgehead atoms. The van der Waals surface area contributed by atoms with E-state index in [0.717, 1.165) is 26.1 Å². The molecule has 1 aromatic carbocycles. The molecular formula is C20H29N7O2. The Bertz CT molecular complexity index is 821. The van der Waals surface area contributed by atoms with Gasteiger partial charge in [0.25, 0.3) is 0 Å². The Morgan fingerprint density at radius 1 is 1.17 bits per heavy atom. The molecule has 0 atom stereocenters. The minimum absolute atomic E-state index is 0.0984. The molecule has 1 fully saturated rings. The van der Waals surface area contributed by atoms with E-state index in [1.54, 1.807) is 0 Å². The molecule has 9 nitrogen and oxygen atoms in total. The topological polar surface area (TPSA) is 113 Å². The third-order valence-electron chi connectivity index (χ3n) is 5.00. The summed E-state index contributed by atoms with van der Waals surface area (Å²) in [5.41, 5.74) is 6.97. The van der Waals surface area contributed by atoms with Gasteiger partial charge in [-0.2, -0.15) is 9.97 Å². The summed E-state index contributed by atoms with van der Waals surface area (Å²) >= 11 is 0. The molecule has 9 heteroatoms. The first-order valence-electron chi connectivity index (χ1n) is 10.0. The smallest absolute Gasteiger partial charge is 0.353 e. The standard InChI is InChI=1S/C20H29N7O2/c1-15(2)8-9-22-20-23-18(21)17(27(28)29)19(24-20)26-12-10-25(11-13-26)14-16-6-4-3-5-7-16/h3-7,15H,8-14H2,1-2H3,(H3,21,22,23,24). The second-order valence-corrected chi connectivity index (χ2v) is 7.72. The van der Waals surface area contributed by atoms with Crippen molar-refractivity contribution < 1.29 is 4.92 Å². The maximum atomic E-state index is 11.6. The minimum atomic E-state index is -0.487. The number of benzene rings is 1. The normalized spacial score (nSPS) is 14.9. The predicted molar refractivity (Wildman–Crippen MR) is 115 cm³/mol. The van der Waals surface area contributed by atoms with Gasteiger partial charge >= 0.3 is 5.69 Å². The highest BCUT2D eigenvalue weighted by Crippen LogP contribution is 2.32. The van der Waals surface area contributed by atoms with E-state index in [1.807, 2.05) is 23.1 Å². The average molecular weight is 399 g/mol. The van der Waals surface area contributed by atoms with Gasteiger partial charge in [0.1, 0.15) is 0 Å². The van der Waals surface area contributed by atoms with Crippen molar-refractivity contribution in [1.82, 2.24) is 14.9 Å². The molecule has 1 aromatic heterocycles. The van der Waals surface area contributed by atoms with Crippen molar-refractivity contribution in [2.75, 3.05) is 48.7 Å². The molecule has 0 spiro atoms. The van der Waals surface area contributed by atoms with Crippen LogP contribution < -0.4 is 16.0 Å². The monoisotopic (exact) mass is 399 g/mol. The number of rotatable bonds is 8. The fraction of sp³-hybridized carbons (Fsp3) is 0.500. The summed E-state index contributed by atoms with van der Waals surface area (Å²) in [5, 5.41) is 14.7. The molecule has 0 aliphatic carbocycles. The third-order valence-corrected chi connectivity index (χ3v) is 5.00. The van der Waals surface area contributed by atoms with Gasteiger partial charge in [-0.1, -0.05) is 44.2 Å². The van der Waals surface area contributed by atoms with Crippen LogP contribution in [0.3, 0.4) is 0 Å². The summed E-state index contributed by atoms with van der Waals surface area (Å²) in [6.45, 7) is 8.72. The van der Waals surface area contributed by atoms with Crippen molar-refractivity contribution in [3.8, 4) is 0 Å². The van der Waals surface area contributed by atoms with Crippen molar-refractivity contribution in [3.05, 3.63) is 46.0 Å². The number of anilines is 3. The lowest BCUT2D eigenvalue weighted by molar-refractivity contribution is -0.383. The first-order chi connectivity index (χ1) is 13.9. The van der Waals surface area contributed by atoms with E-state index in [4.69, 9.17) is 5.73 Å². The van der Waals surface area contributed by atoms with Crippen LogP contribution in [0.15, 0.2) is 30.3 Å². The first kappa shape index (κ1) is 20.8. The molecule has 1 aliphatic rings. The second kappa shape index (κ2) is 9.51. The van der Waals surface area contributed by atoms with Crippen molar-refractivity contribution in [1.29, 1.82) is 0 Å². The van der Waals surface area contributed by atoms with Crippen LogP contribution in [0, 0.1) is 16.0 Å². The Morgan fingerprint density at radius 2 is 1.86 bits per heavy atom. The third kappa shape index (κ3) is 5.54. The highest BCUT2D eigenvalue weighted by molar-refractivity contribution is 5.71. The van der Waals surface area contributed by atoms with Gasteiger partial charge in [-0.15, -0.1) is 0 Å². The van der Waals surface area contributed by atoms with E-state index in [9.17, 15) is 10.1 Å². The fourth-order valence-electron chi connectivity index (χ4n) is 3.37. The Morgan fingerprint density at radius 3 is 2.48 bits per heavy atom. The number of nitrogens with one attached hydrogen (secondary N) is 1. The number of nitrogen functional groups attached to an aromatic ring is 1. The zero-order chi connectivity index (χ0) is 20.8. The van der Waals surface area contributed by atoms with Crippen molar-refractivity contribution in [3.63, 3.8) is 0 Å². The van der Waals surface area contributed by atoms with Gasteiger partial charge in [-0.3, -0.25) is 15.0 Å². The van der Waals surface area contributed by atoms with Crippen LogP contribution in [0.4, 0.5) is 23.3 Å². The van der Waals surface area contributed by atoms with Crippen LogP contribution in [0.1, 0.15) is 25.8 Å². The molecule has 2 aromatic rings. The minimum Gasteiger partial charge on any atom is -0.378 e. The highest BCUT2D eigenvalue weighted by Gasteiger charge is 2.29. The quantitative estimate of drug-likeness (QED) is 0.514. The van der Waals surface area contributed by atoms with Gasteiger partial charge in [-0.05, 0) is 17.9 Å². The summed E-state index contributed by atoms with van der Waals surface area (Å²) < 4.78 is 0. The number of nitrogens with two attached hydrogens (primary N) is 1. The Kier molecular flexibility index (Phi) is 6.82. The molecule has 3 rings (SSSR count). The number of nitrogens with zero attached hydrogens (tertiary/aromatic N) is 5. The molecule has 156 valence electrons. The first-order valence-corrected chi connectivity index (χ1v) is 10.0. The van der Waals surface area contributed by atoms with Gasteiger partial charge in [0.2, 0.25) is 17.6 Å². The Balaban J connectivity index is 1.71. The summed E-state index contributed by atoms with van der Waals surface area (Å²) in [5.74, 6) is 1.08. The number of nitro groups is 1. The molecular weight excluding hydrogens is 370 g/mol. The number of hydrogen-bond donors (Lipinski definition) is 2. The SMILES string of the molecule is CC(C)CCNc1nc(N)c([N+](=O)[O-])c(N2CCN(Cc3ccccc3)CC2)n1. The van der Waals surface area contributed by atoms with Crippen molar-refractivity contribution in [2.45, 2.75) is 26.8 Å². The zero-order valence-corrected chi connectivity index (χ0v) is 17.0. The summed E-state index contributed by atoms with van der Waals surface area (Å²) in [6, 6.07) is 10.3. The highest BCUT2D eigenvalue weighted by atomic mass is 16.6. The fourth-order valence-corrected chi connectivity index (χ4v) is 3.37. The summed E-state index contributed by atoms with van der Waals surface area (Å²) in [6.07, 6.45) is 0.952. The molecule has 0 amide bonds. The number of piperazine rings is 1. The lowest BCUT2D eigenvalue weighted by Gasteiger charge is -2.35. The van der Waals surface area contributed by atoms with E-state index < -0.39 is 4.92 Å². The lowest BCUT2D eigenvalue weighted by atomic mass is 10.1. The van der Waals surface area contributed by atoms with E-state index in [0.29, 0.717) is 37.3 Å². The van der Waals surface area contributed by atoms with Gasteiger partial charge in [0.15, 0.2) is 0 Å². The summed E-state index contributed by atoms with van der Waals surface area (Å²) in [4.78, 5) is 23.9. The lowest BCUT2D eigenvalue weighted by Crippen LogP contribution is -2.46. The van der Waals surface area contributed by atoms with E-state index >= 15 is 0 Å². The van der Waals surface area contributed by atoms with Crippen molar-refractivity contribution >= 4 is 23.3 Å². The zero-order valence-electron chi connectivity index (χ0n) is 17.0. The molecule has 3 N–H and O–H groups in total. The van der Waals surface area contributed by atoms with Gasteiger partial charge in [-0.25, -0.2) is 0 Å². The maximum Gasteiger partial charge on any atom is 0.353 e. The van der Waals surface area contributed by atoms with E-state index in [-0.39, 0.29) is 11.5 Å². The van der Waals surface area contributed by atoms with Crippen LogP contribution in [-0.2, 0) is 6.54 Å².